The Morgan fingerprint density at radius 1 is 1.05 bits per heavy atom. The molecule has 0 N–H and O–H groups in total. The maximum atomic E-state index is 6.08. The van der Waals surface area contributed by atoms with Gasteiger partial charge < -0.3 is 18.5 Å². The molecule has 0 unspecified atom stereocenters. The van der Waals surface area contributed by atoms with Gasteiger partial charge in [-0.3, -0.25) is 0 Å². The molecule has 1 aromatic rings. The van der Waals surface area contributed by atoms with Crippen molar-refractivity contribution in [1.82, 2.24) is 0 Å². The van der Waals surface area contributed by atoms with Crippen molar-refractivity contribution in [3.05, 3.63) is 18.2 Å². The van der Waals surface area contributed by atoms with E-state index in [0.29, 0.717) is 0 Å². The van der Waals surface area contributed by atoms with Gasteiger partial charge in [0.05, 0.1) is 18.3 Å². The number of ether oxygens (including phenoxy) is 1. The summed E-state index contributed by atoms with van der Waals surface area (Å²) in [4.78, 5) is 0. The van der Waals surface area contributed by atoms with Crippen molar-refractivity contribution in [2.24, 2.45) is 0 Å². The molecule has 1 radical (unpaired) electrons. The fraction of sp³-hybridized carbons (Fsp3) is 0.600. The van der Waals surface area contributed by atoms with Crippen LogP contribution in [0.3, 0.4) is 0 Å². The first kappa shape index (κ1) is 16.4. The molecule has 1 aromatic carbocycles. The third-order valence-electron chi connectivity index (χ3n) is 4.03. The van der Waals surface area contributed by atoms with Gasteiger partial charge in [-0.1, -0.05) is 6.07 Å². The van der Waals surface area contributed by atoms with Gasteiger partial charge in [0, 0.05) is 11.5 Å². The topological polar surface area (TPSA) is 36.9 Å². The van der Waals surface area contributed by atoms with Crippen molar-refractivity contribution < 1.29 is 18.5 Å². The molecule has 0 atom stereocenters. The lowest BCUT2D eigenvalue weighted by atomic mass is 9.78. The minimum absolute atomic E-state index is 0.360. The Balaban J connectivity index is 2.29. The first-order valence-corrected chi connectivity index (χ1v) is 9.59. The van der Waals surface area contributed by atoms with Crippen LogP contribution < -0.4 is 14.6 Å². The lowest BCUT2D eigenvalue weighted by molar-refractivity contribution is 0.00578. The number of hydrogen-bond donors (Lipinski definition) is 0. The average Bonchev–Trinajstić information content (AvgIpc) is 2.57. The molecule has 1 fully saturated rings. The first-order chi connectivity index (χ1) is 9.66. The summed E-state index contributed by atoms with van der Waals surface area (Å²) in [6, 6.07) is 5.81. The summed E-state index contributed by atoms with van der Waals surface area (Å²) in [7, 11) is 0.429. The summed E-state index contributed by atoms with van der Waals surface area (Å²) >= 11 is 0. The smallest absolute Gasteiger partial charge is 0.498 e. The predicted molar refractivity (Wildman–Crippen MR) is 86.8 cm³/mol. The molecule has 1 saturated heterocycles. The SMILES string of the molecule is COc1cc(O[Si](C)C)ccc1B1OC(C)(C)C(C)(C)O1. The molecule has 0 spiro atoms. The maximum absolute atomic E-state index is 6.08. The van der Waals surface area contributed by atoms with Crippen molar-refractivity contribution in [3.8, 4) is 11.5 Å². The second-order valence-electron chi connectivity index (χ2n) is 6.50. The van der Waals surface area contributed by atoms with Crippen molar-refractivity contribution in [2.75, 3.05) is 7.11 Å². The Labute approximate surface area is 129 Å². The molecule has 1 heterocycles. The summed E-state index contributed by atoms with van der Waals surface area (Å²) in [5, 5.41) is 0. The maximum Gasteiger partial charge on any atom is 0.498 e. The Morgan fingerprint density at radius 3 is 2.10 bits per heavy atom. The molecule has 115 valence electrons. The fourth-order valence-electron chi connectivity index (χ4n) is 2.16. The van der Waals surface area contributed by atoms with Gasteiger partial charge in [-0.15, -0.1) is 0 Å². The number of rotatable bonds is 4. The molecular weight excluding hydrogens is 283 g/mol. The predicted octanol–water partition coefficient (Wildman–Crippen LogP) is 2.62. The molecule has 0 amide bonds. The molecule has 0 bridgehead atoms. The van der Waals surface area contributed by atoms with Crippen LogP contribution in [0.1, 0.15) is 27.7 Å². The second kappa shape index (κ2) is 5.67. The fourth-order valence-corrected chi connectivity index (χ4v) is 2.75. The second-order valence-corrected chi connectivity index (χ2v) is 8.52. The van der Waals surface area contributed by atoms with Crippen LogP contribution in [0.5, 0.6) is 11.5 Å². The van der Waals surface area contributed by atoms with Gasteiger partial charge in [0.2, 0.25) is 0 Å². The zero-order valence-electron chi connectivity index (χ0n) is 13.9. The van der Waals surface area contributed by atoms with Gasteiger partial charge in [-0.2, -0.15) is 0 Å². The zero-order valence-corrected chi connectivity index (χ0v) is 14.9. The van der Waals surface area contributed by atoms with Crippen molar-refractivity contribution in [2.45, 2.75) is 52.0 Å². The van der Waals surface area contributed by atoms with Crippen molar-refractivity contribution in [3.63, 3.8) is 0 Å². The quantitative estimate of drug-likeness (QED) is 0.801. The van der Waals surface area contributed by atoms with E-state index < -0.39 is 16.2 Å². The van der Waals surface area contributed by atoms with Gasteiger partial charge in [-0.05, 0) is 46.9 Å². The summed E-state index contributed by atoms with van der Waals surface area (Å²) in [5.74, 6) is 1.56. The molecule has 0 saturated carbocycles. The third kappa shape index (κ3) is 3.28. The zero-order chi connectivity index (χ0) is 15.8. The normalized spacial score (nSPS) is 19.9. The van der Waals surface area contributed by atoms with Crippen LogP contribution in [0.15, 0.2) is 18.2 Å². The highest BCUT2D eigenvalue weighted by molar-refractivity contribution is 6.63. The van der Waals surface area contributed by atoms with Crippen molar-refractivity contribution in [1.29, 1.82) is 0 Å². The number of methoxy groups -OCH3 is 1. The average molecular weight is 307 g/mol. The van der Waals surface area contributed by atoms with E-state index in [0.717, 1.165) is 17.0 Å². The van der Waals surface area contributed by atoms with E-state index in [9.17, 15) is 0 Å². The van der Waals surface area contributed by atoms with Crippen LogP contribution in [-0.2, 0) is 9.31 Å². The summed E-state index contributed by atoms with van der Waals surface area (Å²) in [5.41, 5.74) is 0.173. The largest absolute Gasteiger partial charge is 0.543 e. The Hall–Kier alpha value is -0.978. The van der Waals surface area contributed by atoms with Crippen LogP contribution in [0.2, 0.25) is 13.1 Å². The van der Waals surface area contributed by atoms with E-state index in [4.69, 9.17) is 18.5 Å². The van der Waals surface area contributed by atoms with Gasteiger partial charge in [0.25, 0.3) is 9.04 Å². The lowest BCUT2D eigenvalue weighted by Crippen LogP contribution is -2.41. The Morgan fingerprint density at radius 2 is 1.62 bits per heavy atom. The molecule has 21 heavy (non-hydrogen) atoms. The van der Waals surface area contributed by atoms with E-state index in [2.05, 4.69) is 13.1 Å². The minimum Gasteiger partial charge on any atom is -0.543 e. The van der Waals surface area contributed by atoms with E-state index >= 15 is 0 Å². The molecule has 4 nitrogen and oxygen atoms in total. The standard InChI is InChI=1S/C15H24BO4Si/c1-14(2)15(3,4)20-16(19-14)12-9-8-11(18-21(6)7)10-13(12)17-5/h8-10H,1-7H3. The van der Waals surface area contributed by atoms with Gasteiger partial charge in [-0.25, -0.2) is 0 Å². The van der Waals surface area contributed by atoms with Gasteiger partial charge in [0.1, 0.15) is 11.5 Å². The van der Waals surface area contributed by atoms with Crippen molar-refractivity contribution >= 4 is 21.6 Å². The van der Waals surface area contributed by atoms with Crippen LogP contribution in [0.4, 0.5) is 0 Å². The summed E-state index contributed by atoms with van der Waals surface area (Å²) < 4.78 is 23.4. The van der Waals surface area contributed by atoms with Gasteiger partial charge >= 0.3 is 7.12 Å². The van der Waals surface area contributed by atoms with Crippen LogP contribution >= 0.6 is 0 Å². The lowest BCUT2D eigenvalue weighted by Gasteiger charge is -2.32. The first-order valence-electron chi connectivity index (χ1n) is 7.18. The minimum atomic E-state index is -0.798. The highest BCUT2D eigenvalue weighted by Gasteiger charge is 2.52. The highest BCUT2D eigenvalue weighted by Crippen LogP contribution is 2.37. The number of hydrogen-bond acceptors (Lipinski definition) is 4. The Kier molecular flexibility index (Phi) is 4.42. The summed E-state index contributed by atoms with van der Waals surface area (Å²) in [6.07, 6.45) is 0. The monoisotopic (exact) mass is 307 g/mol. The molecule has 0 aromatic heterocycles. The molecule has 2 rings (SSSR count). The van der Waals surface area contributed by atoms with E-state index in [1.165, 1.54) is 0 Å². The van der Waals surface area contributed by atoms with E-state index in [1.807, 2.05) is 45.9 Å². The molecule has 1 aliphatic heterocycles. The van der Waals surface area contributed by atoms with E-state index in [-0.39, 0.29) is 11.2 Å². The number of benzene rings is 1. The Bertz CT molecular complexity index is 500. The summed E-state index contributed by atoms with van der Waals surface area (Å²) in [6.45, 7) is 12.4. The van der Waals surface area contributed by atoms with Crippen LogP contribution in [-0.4, -0.2) is 34.5 Å². The van der Waals surface area contributed by atoms with Gasteiger partial charge in [0.15, 0.2) is 0 Å². The van der Waals surface area contributed by atoms with Crippen LogP contribution in [0, 0.1) is 0 Å². The highest BCUT2D eigenvalue weighted by atomic mass is 28.3. The van der Waals surface area contributed by atoms with Crippen LogP contribution in [0.25, 0.3) is 0 Å². The molecular formula is C15H24BO4Si. The molecule has 0 aliphatic carbocycles. The molecule has 6 heteroatoms. The third-order valence-corrected chi connectivity index (χ3v) is 4.68. The molecule has 1 aliphatic rings. The van der Waals surface area contributed by atoms with E-state index in [1.54, 1.807) is 7.11 Å².